The van der Waals surface area contributed by atoms with E-state index in [2.05, 4.69) is 4.98 Å². The minimum absolute atomic E-state index is 0.124. The third-order valence-corrected chi connectivity index (χ3v) is 2.70. The highest BCUT2D eigenvalue weighted by molar-refractivity contribution is 5.77. The molecular weight excluding hydrogens is 194 g/mol. The number of rotatable bonds is 2. The lowest BCUT2D eigenvalue weighted by Gasteiger charge is -2.28. The van der Waals surface area contributed by atoms with Crippen molar-refractivity contribution in [3.63, 3.8) is 0 Å². The van der Waals surface area contributed by atoms with E-state index in [0.29, 0.717) is 25.2 Å². The summed E-state index contributed by atoms with van der Waals surface area (Å²) in [7, 11) is 0. The van der Waals surface area contributed by atoms with E-state index in [4.69, 9.17) is 0 Å². The SMILES string of the molecule is CCC(=O)N1CCn2cnc(C=O)c2C1. The second-order valence-electron chi connectivity index (χ2n) is 3.56. The van der Waals surface area contributed by atoms with E-state index in [1.807, 2.05) is 11.5 Å². The topological polar surface area (TPSA) is 55.2 Å². The van der Waals surface area contributed by atoms with E-state index in [1.165, 1.54) is 0 Å². The first kappa shape index (κ1) is 9.89. The van der Waals surface area contributed by atoms with Crippen LogP contribution in [0.5, 0.6) is 0 Å². The van der Waals surface area contributed by atoms with Crippen molar-refractivity contribution in [3.05, 3.63) is 17.7 Å². The molecule has 5 heteroatoms. The Bertz CT molecular complexity index is 397. The quantitative estimate of drug-likeness (QED) is 0.661. The van der Waals surface area contributed by atoms with Crippen molar-refractivity contribution in [1.29, 1.82) is 0 Å². The van der Waals surface area contributed by atoms with Gasteiger partial charge in [-0.15, -0.1) is 0 Å². The Hall–Kier alpha value is -1.65. The molecule has 0 bridgehead atoms. The van der Waals surface area contributed by atoms with E-state index >= 15 is 0 Å². The van der Waals surface area contributed by atoms with Crippen LogP contribution < -0.4 is 0 Å². The summed E-state index contributed by atoms with van der Waals surface area (Å²) < 4.78 is 1.93. The number of fused-ring (bicyclic) bond motifs is 1. The van der Waals surface area contributed by atoms with Gasteiger partial charge in [0.05, 0.1) is 18.6 Å². The summed E-state index contributed by atoms with van der Waals surface area (Å²) in [6.45, 7) is 3.77. The summed E-state index contributed by atoms with van der Waals surface area (Å²) in [6, 6.07) is 0. The van der Waals surface area contributed by atoms with Crippen molar-refractivity contribution in [3.8, 4) is 0 Å². The van der Waals surface area contributed by atoms with Crippen molar-refractivity contribution in [1.82, 2.24) is 14.5 Å². The summed E-state index contributed by atoms with van der Waals surface area (Å²) in [6.07, 6.45) is 2.91. The molecule has 5 nitrogen and oxygen atoms in total. The van der Waals surface area contributed by atoms with Gasteiger partial charge in [-0.05, 0) is 0 Å². The molecule has 15 heavy (non-hydrogen) atoms. The average Bonchev–Trinajstić information content (AvgIpc) is 2.69. The normalized spacial score (nSPS) is 14.9. The minimum atomic E-state index is 0.124. The van der Waals surface area contributed by atoms with Gasteiger partial charge >= 0.3 is 0 Å². The van der Waals surface area contributed by atoms with Gasteiger partial charge < -0.3 is 9.47 Å². The molecule has 0 radical (unpaired) electrons. The Kier molecular flexibility index (Phi) is 2.53. The first-order chi connectivity index (χ1) is 7.26. The van der Waals surface area contributed by atoms with Crippen molar-refractivity contribution in [2.24, 2.45) is 0 Å². The third-order valence-electron chi connectivity index (χ3n) is 2.70. The zero-order chi connectivity index (χ0) is 10.8. The van der Waals surface area contributed by atoms with Gasteiger partial charge in [0.1, 0.15) is 5.69 Å². The molecule has 1 aromatic rings. The molecule has 0 spiro atoms. The fourth-order valence-corrected chi connectivity index (χ4v) is 1.81. The maximum atomic E-state index is 11.5. The highest BCUT2D eigenvalue weighted by atomic mass is 16.2. The lowest BCUT2D eigenvalue weighted by Crippen LogP contribution is -2.37. The van der Waals surface area contributed by atoms with Crippen LogP contribution in [0.15, 0.2) is 6.33 Å². The van der Waals surface area contributed by atoms with Crippen LogP contribution in [0.4, 0.5) is 0 Å². The predicted octanol–water partition coefficient (Wildman–Crippen LogP) is 0.448. The molecule has 0 saturated heterocycles. The van der Waals surface area contributed by atoms with Crippen molar-refractivity contribution in [2.75, 3.05) is 6.54 Å². The molecule has 80 valence electrons. The number of amides is 1. The predicted molar refractivity (Wildman–Crippen MR) is 53.3 cm³/mol. The van der Waals surface area contributed by atoms with Gasteiger partial charge in [0.15, 0.2) is 6.29 Å². The summed E-state index contributed by atoms with van der Waals surface area (Å²) in [5.74, 6) is 0.124. The maximum absolute atomic E-state index is 11.5. The Morgan fingerprint density at radius 1 is 1.60 bits per heavy atom. The molecule has 0 N–H and O–H groups in total. The molecule has 1 aliphatic heterocycles. The summed E-state index contributed by atoms with van der Waals surface area (Å²) in [5.41, 5.74) is 1.29. The van der Waals surface area contributed by atoms with Crippen molar-refractivity contribution < 1.29 is 9.59 Å². The molecule has 0 unspecified atom stereocenters. The van der Waals surface area contributed by atoms with E-state index in [9.17, 15) is 9.59 Å². The van der Waals surface area contributed by atoms with E-state index in [1.54, 1.807) is 11.2 Å². The number of hydrogen-bond acceptors (Lipinski definition) is 3. The van der Waals surface area contributed by atoms with Crippen LogP contribution in [0.1, 0.15) is 29.5 Å². The Morgan fingerprint density at radius 3 is 3.07 bits per heavy atom. The van der Waals surface area contributed by atoms with Crippen LogP contribution in [0, 0.1) is 0 Å². The summed E-state index contributed by atoms with van der Waals surface area (Å²) >= 11 is 0. The van der Waals surface area contributed by atoms with E-state index in [-0.39, 0.29) is 5.91 Å². The zero-order valence-corrected chi connectivity index (χ0v) is 8.64. The summed E-state index contributed by atoms with van der Waals surface area (Å²) in [5, 5.41) is 0. The highest BCUT2D eigenvalue weighted by Crippen LogP contribution is 2.15. The molecule has 0 atom stereocenters. The van der Waals surface area contributed by atoms with Gasteiger partial charge in [0, 0.05) is 19.5 Å². The van der Waals surface area contributed by atoms with Gasteiger partial charge in [0.25, 0.3) is 0 Å². The number of hydrogen-bond donors (Lipinski definition) is 0. The monoisotopic (exact) mass is 207 g/mol. The zero-order valence-electron chi connectivity index (χ0n) is 8.64. The van der Waals surface area contributed by atoms with Gasteiger partial charge in [-0.2, -0.15) is 0 Å². The largest absolute Gasteiger partial charge is 0.335 e. The molecule has 2 heterocycles. The van der Waals surface area contributed by atoms with Gasteiger partial charge in [-0.1, -0.05) is 6.92 Å². The first-order valence-electron chi connectivity index (χ1n) is 5.03. The number of nitrogens with zero attached hydrogens (tertiary/aromatic N) is 3. The number of carbonyl (C=O) groups excluding carboxylic acids is 2. The molecule has 2 rings (SSSR count). The van der Waals surface area contributed by atoms with Crippen LogP contribution in [-0.4, -0.2) is 33.2 Å². The number of imidazole rings is 1. The average molecular weight is 207 g/mol. The van der Waals surface area contributed by atoms with Crippen LogP contribution in [0.3, 0.4) is 0 Å². The van der Waals surface area contributed by atoms with Gasteiger partial charge in [0.2, 0.25) is 5.91 Å². The molecular formula is C10H13N3O2. The first-order valence-corrected chi connectivity index (χ1v) is 5.03. The lowest BCUT2D eigenvalue weighted by atomic mass is 10.2. The van der Waals surface area contributed by atoms with Crippen molar-refractivity contribution >= 4 is 12.2 Å². The number of aromatic nitrogens is 2. The fraction of sp³-hybridized carbons (Fsp3) is 0.500. The van der Waals surface area contributed by atoms with Crippen molar-refractivity contribution in [2.45, 2.75) is 26.4 Å². The smallest absolute Gasteiger partial charge is 0.222 e. The van der Waals surface area contributed by atoms with Crippen LogP contribution in [0.25, 0.3) is 0 Å². The number of carbonyl (C=O) groups is 2. The van der Waals surface area contributed by atoms with Crippen LogP contribution in [0.2, 0.25) is 0 Å². The van der Waals surface area contributed by atoms with Gasteiger partial charge in [-0.25, -0.2) is 4.98 Å². The standard InChI is InChI=1S/C10H13N3O2/c1-2-10(15)12-3-4-13-7-11-8(6-14)9(13)5-12/h6-7H,2-5H2,1H3. The Morgan fingerprint density at radius 2 is 2.40 bits per heavy atom. The molecule has 1 aliphatic rings. The van der Waals surface area contributed by atoms with E-state index in [0.717, 1.165) is 18.5 Å². The maximum Gasteiger partial charge on any atom is 0.222 e. The highest BCUT2D eigenvalue weighted by Gasteiger charge is 2.22. The fourth-order valence-electron chi connectivity index (χ4n) is 1.81. The second-order valence-corrected chi connectivity index (χ2v) is 3.56. The molecule has 1 amide bonds. The van der Waals surface area contributed by atoms with E-state index < -0.39 is 0 Å². The molecule has 0 aromatic carbocycles. The lowest BCUT2D eigenvalue weighted by molar-refractivity contribution is -0.132. The minimum Gasteiger partial charge on any atom is -0.335 e. The van der Waals surface area contributed by atoms with Gasteiger partial charge in [-0.3, -0.25) is 9.59 Å². The molecule has 0 aliphatic carbocycles. The Balaban J connectivity index is 2.24. The summed E-state index contributed by atoms with van der Waals surface area (Å²) in [4.78, 5) is 28.0. The Labute approximate surface area is 87.7 Å². The molecule has 0 saturated carbocycles. The van der Waals surface area contributed by atoms with Crippen LogP contribution in [-0.2, 0) is 17.9 Å². The van der Waals surface area contributed by atoms with Crippen LogP contribution >= 0.6 is 0 Å². The molecule has 1 aromatic heterocycles. The number of aldehydes is 1. The third kappa shape index (κ3) is 1.65. The second kappa shape index (κ2) is 3.84. The molecule has 0 fully saturated rings.